The first kappa shape index (κ1) is 14.4. The van der Waals surface area contributed by atoms with Crippen LogP contribution in [0.3, 0.4) is 0 Å². The summed E-state index contributed by atoms with van der Waals surface area (Å²) in [6, 6.07) is 5.39. The van der Waals surface area contributed by atoms with E-state index >= 15 is 0 Å². The van der Waals surface area contributed by atoms with Gasteiger partial charge in [0.1, 0.15) is 11.0 Å². The number of anilines is 1. The van der Waals surface area contributed by atoms with Crippen molar-refractivity contribution in [2.45, 2.75) is 19.9 Å². The van der Waals surface area contributed by atoms with Crippen molar-refractivity contribution in [3.63, 3.8) is 0 Å². The number of benzene rings is 1. The summed E-state index contributed by atoms with van der Waals surface area (Å²) in [5, 5.41) is 3.18. The molecule has 0 radical (unpaired) electrons. The third kappa shape index (κ3) is 3.43. The number of amides is 1. The van der Waals surface area contributed by atoms with Gasteiger partial charge in [-0.1, -0.05) is 12.2 Å². The van der Waals surface area contributed by atoms with Gasteiger partial charge in [0.25, 0.3) is 0 Å². The Hall–Kier alpha value is -1.62. The number of nitrogens with two attached hydrogens (primary N) is 1. The van der Waals surface area contributed by atoms with Gasteiger partial charge in [0.2, 0.25) is 5.91 Å². The minimum atomic E-state index is -0.269. The number of nitrogens with one attached hydrogen (secondary N) is 1. The number of hydrogen-bond acceptors (Lipinski definition) is 3. The molecule has 3 N–H and O–H groups in total. The van der Waals surface area contributed by atoms with Crippen LogP contribution in [0.15, 0.2) is 18.2 Å². The average molecular weight is 265 g/mol. The highest BCUT2D eigenvalue weighted by Gasteiger charge is 2.15. The van der Waals surface area contributed by atoms with Gasteiger partial charge in [-0.25, -0.2) is 0 Å². The van der Waals surface area contributed by atoms with Crippen LogP contribution in [0, 0.1) is 6.92 Å². The van der Waals surface area contributed by atoms with Crippen molar-refractivity contribution < 1.29 is 4.79 Å². The lowest BCUT2D eigenvalue weighted by Crippen LogP contribution is -2.36. The third-order valence-electron chi connectivity index (χ3n) is 2.69. The molecule has 18 heavy (non-hydrogen) atoms. The Bertz CT molecular complexity index is 471. The van der Waals surface area contributed by atoms with E-state index in [1.807, 2.05) is 32.0 Å². The van der Waals surface area contributed by atoms with Crippen molar-refractivity contribution in [2.75, 3.05) is 19.4 Å². The second-order valence-corrected chi connectivity index (χ2v) is 4.93. The molecule has 0 fully saturated rings. The lowest BCUT2D eigenvalue weighted by molar-refractivity contribution is -0.129. The number of likely N-dealkylation sites (N-methyl/N-ethyl adjacent to an activating group) is 1. The lowest BCUT2D eigenvalue weighted by atomic mass is 10.1. The second kappa shape index (κ2) is 5.82. The van der Waals surface area contributed by atoms with Gasteiger partial charge in [0.15, 0.2) is 0 Å². The quantitative estimate of drug-likeness (QED) is 0.810. The first-order chi connectivity index (χ1) is 8.32. The van der Waals surface area contributed by atoms with E-state index in [1.165, 1.54) is 0 Å². The highest BCUT2D eigenvalue weighted by Crippen LogP contribution is 2.17. The van der Waals surface area contributed by atoms with E-state index in [-0.39, 0.29) is 11.9 Å². The summed E-state index contributed by atoms with van der Waals surface area (Å²) in [6.45, 7) is 3.79. The Labute approximate surface area is 113 Å². The molecular weight excluding hydrogens is 246 g/mol. The van der Waals surface area contributed by atoms with Crippen molar-refractivity contribution in [3.05, 3.63) is 29.3 Å². The maximum Gasteiger partial charge on any atom is 0.244 e. The molecule has 1 unspecified atom stereocenters. The summed E-state index contributed by atoms with van der Waals surface area (Å²) >= 11 is 4.93. The Morgan fingerprint density at radius 2 is 2.06 bits per heavy atom. The third-order valence-corrected chi connectivity index (χ3v) is 2.93. The predicted octanol–water partition coefficient (Wildman–Crippen LogP) is 1.52. The van der Waals surface area contributed by atoms with E-state index in [0.717, 1.165) is 16.8 Å². The van der Waals surface area contributed by atoms with Crippen molar-refractivity contribution >= 4 is 28.8 Å². The minimum absolute atomic E-state index is 0.0350. The summed E-state index contributed by atoms with van der Waals surface area (Å²) in [5.41, 5.74) is 8.33. The molecule has 0 aromatic heterocycles. The maximum atomic E-state index is 11.8. The minimum Gasteiger partial charge on any atom is -0.389 e. The molecule has 1 amide bonds. The first-order valence-corrected chi connectivity index (χ1v) is 6.12. The zero-order chi connectivity index (χ0) is 13.9. The largest absolute Gasteiger partial charge is 0.389 e. The van der Waals surface area contributed by atoms with Gasteiger partial charge in [-0.15, -0.1) is 0 Å². The van der Waals surface area contributed by atoms with Gasteiger partial charge in [0, 0.05) is 25.3 Å². The maximum absolute atomic E-state index is 11.8. The molecule has 1 aromatic rings. The highest BCUT2D eigenvalue weighted by atomic mass is 32.1. The van der Waals surface area contributed by atoms with Gasteiger partial charge in [-0.2, -0.15) is 0 Å². The standard InChI is InChI=1S/C13H19N3OS/c1-8-7-10(12(14)18)5-6-11(8)15-9(2)13(17)16(3)4/h5-7,9,15H,1-4H3,(H2,14,18). The number of aryl methyl sites for hydroxylation is 1. The molecule has 1 rings (SSSR count). The fourth-order valence-corrected chi connectivity index (χ4v) is 1.79. The zero-order valence-electron chi connectivity index (χ0n) is 11.2. The van der Waals surface area contributed by atoms with Crippen LogP contribution in [0.4, 0.5) is 5.69 Å². The Morgan fingerprint density at radius 3 is 2.50 bits per heavy atom. The fourth-order valence-electron chi connectivity index (χ4n) is 1.66. The van der Waals surface area contributed by atoms with E-state index < -0.39 is 0 Å². The molecule has 1 aromatic carbocycles. The zero-order valence-corrected chi connectivity index (χ0v) is 12.0. The van der Waals surface area contributed by atoms with E-state index in [1.54, 1.807) is 19.0 Å². The molecule has 0 spiro atoms. The number of hydrogen-bond donors (Lipinski definition) is 2. The summed E-state index contributed by atoms with van der Waals surface area (Å²) in [5.74, 6) is 0.0350. The lowest BCUT2D eigenvalue weighted by Gasteiger charge is -2.20. The van der Waals surface area contributed by atoms with Crippen molar-refractivity contribution in [1.29, 1.82) is 0 Å². The van der Waals surface area contributed by atoms with Crippen molar-refractivity contribution in [3.8, 4) is 0 Å². The Balaban J connectivity index is 2.86. The average Bonchev–Trinajstić information content (AvgIpc) is 2.30. The van der Waals surface area contributed by atoms with Crippen LogP contribution >= 0.6 is 12.2 Å². The van der Waals surface area contributed by atoms with Crippen LogP contribution in [-0.2, 0) is 4.79 Å². The van der Waals surface area contributed by atoms with Crippen molar-refractivity contribution in [2.24, 2.45) is 5.73 Å². The predicted molar refractivity (Wildman–Crippen MR) is 78.8 cm³/mol. The Kier molecular flexibility index (Phi) is 4.67. The molecule has 0 aliphatic heterocycles. The summed E-state index contributed by atoms with van der Waals surface area (Å²) < 4.78 is 0. The van der Waals surface area contributed by atoms with Gasteiger partial charge in [-0.05, 0) is 37.6 Å². The Morgan fingerprint density at radius 1 is 1.44 bits per heavy atom. The van der Waals surface area contributed by atoms with Crippen molar-refractivity contribution in [1.82, 2.24) is 4.90 Å². The van der Waals surface area contributed by atoms with Crippen LogP contribution in [0.1, 0.15) is 18.1 Å². The molecule has 5 heteroatoms. The molecule has 1 atom stereocenters. The number of rotatable bonds is 4. The number of nitrogens with zero attached hydrogens (tertiary/aromatic N) is 1. The fraction of sp³-hybridized carbons (Fsp3) is 0.385. The summed E-state index contributed by atoms with van der Waals surface area (Å²) in [7, 11) is 3.48. The molecule has 0 aliphatic rings. The van der Waals surface area contributed by atoms with Crippen LogP contribution < -0.4 is 11.1 Å². The highest BCUT2D eigenvalue weighted by molar-refractivity contribution is 7.80. The van der Waals surface area contributed by atoms with Crippen LogP contribution in [0.25, 0.3) is 0 Å². The smallest absolute Gasteiger partial charge is 0.244 e. The molecule has 4 nitrogen and oxygen atoms in total. The van der Waals surface area contributed by atoms with E-state index in [4.69, 9.17) is 18.0 Å². The monoisotopic (exact) mass is 265 g/mol. The van der Waals surface area contributed by atoms with Gasteiger partial charge < -0.3 is 16.0 Å². The van der Waals surface area contributed by atoms with Crippen LogP contribution in [0.5, 0.6) is 0 Å². The normalized spacial score (nSPS) is 11.8. The molecular formula is C13H19N3OS. The molecule has 0 saturated heterocycles. The molecule has 0 heterocycles. The van der Waals surface area contributed by atoms with E-state index in [2.05, 4.69) is 5.32 Å². The number of carbonyl (C=O) groups excluding carboxylic acids is 1. The second-order valence-electron chi connectivity index (χ2n) is 4.49. The molecule has 0 aliphatic carbocycles. The van der Waals surface area contributed by atoms with Crippen LogP contribution in [-0.4, -0.2) is 35.9 Å². The van der Waals surface area contributed by atoms with E-state index in [9.17, 15) is 4.79 Å². The summed E-state index contributed by atoms with van der Waals surface area (Å²) in [6.07, 6.45) is 0. The van der Waals surface area contributed by atoms with Gasteiger partial charge in [-0.3, -0.25) is 4.79 Å². The topological polar surface area (TPSA) is 58.4 Å². The number of thiocarbonyl (C=S) groups is 1. The molecule has 98 valence electrons. The SMILES string of the molecule is Cc1cc(C(N)=S)ccc1NC(C)C(=O)N(C)C. The van der Waals surface area contributed by atoms with E-state index in [0.29, 0.717) is 4.99 Å². The molecule has 0 saturated carbocycles. The number of carbonyl (C=O) groups is 1. The van der Waals surface area contributed by atoms with Gasteiger partial charge in [0.05, 0.1) is 0 Å². The van der Waals surface area contributed by atoms with Gasteiger partial charge >= 0.3 is 0 Å². The van der Waals surface area contributed by atoms with Crippen LogP contribution in [0.2, 0.25) is 0 Å². The summed E-state index contributed by atoms with van der Waals surface area (Å²) in [4.78, 5) is 13.7. The molecule has 0 bridgehead atoms. The first-order valence-electron chi connectivity index (χ1n) is 5.71.